The van der Waals surface area contributed by atoms with Gasteiger partial charge in [-0.25, -0.2) is 0 Å². The zero-order valence-corrected chi connectivity index (χ0v) is 12.9. The van der Waals surface area contributed by atoms with Crippen molar-refractivity contribution in [2.24, 2.45) is 0 Å². The van der Waals surface area contributed by atoms with Gasteiger partial charge in [0.1, 0.15) is 11.5 Å². The molecule has 3 heteroatoms. The van der Waals surface area contributed by atoms with Crippen molar-refractivity contribution in [2.45, 2.75) is 32.7 Å². The predicted molar refractivity (Wildman–Crippen MR) is 87.1 cm³/mol. The minimum Gasteiger partial charge on any atom is -0.507 e. The third kappa shape index (κ3) is 3.91. The smallest absolute Gasteiger partial charge is 0.124 e. The van der Waals surface area contributed by atoms with Gasteiger partial charge in [-0.15, -0.1) is 0 Å². The monoisotopic (exact) mass is 285 g/mol. The first-order chi connectivity index (χ1) is 10.1. The zero-order valence-electron chi connectivity index (χ0n) is 12.9. The van der Waals surface area contributed by atoms with Crippen LogP contribution < -0.4 is 10.1 Å². The lowest BCUT2D eigenvalue weighted by Gasteiger charge is -2.12. The number of anilines is 1. The Morgan fingerprint density at radius 1 is 1.14 bits per heavy atom. The molecule has 0 spiro atoms. The Labute approximate surface area is 126 Å². The fraction of sp³-hybridized carbons (Fsp3) is 0.333. The summed E-state index contributed by atoms with van der Waals surface area (Å²) in [6.45, 7) is 5.01. The second-order valence-corrected chi connectivity index (χ2v) is 5.28. The Hall–Kier alpha value is -2.16. The molecule has 0 aliphatic carbocycles. The molecule has 0 radical (unpaired) electrons. The van der Waals surface area contributed by atoms with E-state index in [9.17, 15) is 5.11 Å². The van der Waals surface area contributed by atoms with Crippen LogP contribution in [0.2, 0.25) is 0 Å². The molecule has 0 fully saturated rings. The Morgan fingerprint density at radius 2 is 1.86 bits per heavy atom. The molecule has 112 valence electrons. The molecule has 0 aromatic heterocycles. The first kappa shape index (κ1) is 15.2. The van der Waals surface area contributed by atoms with Crippen LogP contribution in [0.15, 0.2) is 42.5 Å². The summed E-state index contributed by atoms with van der Waals surface area (Å²) < 4.78 is 5.08. The van der Waals surface area contributed by atoms with Crippen LogP contribution >= 0.6 is 0 Å². The number of methoxy groups -OCH3 is 1. The molecule has 2 aromatic carbocycles. The topological polar surface area (TPSA) is 41.5 Å². The van der Waals surface area contributed by atoms with E-state index >= 15 is 0 Å². The van der Waals surface area contributed by atoms with Gasteiger partial charge in [-0.2, -0.15) is 0 Å². The second-order valence-electron chi connectivity index (χ2n) is 5.28. The maximum atomic E-state index is 9.93. The fourth-order valence-corrected chi connectivity index (χ4v) is 2.18. The first-order valence-corrected chi connectivity index (χ1v) is 7.33. The van der Waals surface area contributed by atoms with Crippen molar-refractivity contribution in [1.29, 1.82) is 0 Å². The molecule has 0 amide bonds. The van der Waals surface area contributed by atoms with E-state index in [4.69, 9.17) is 4.74 Å². The molecule has 0 saturated carbocycles. The standard InChI is InChI=1S/C18H23NO2/c1-4-13(2)14-5-8-16(9-6-14)19-12-15-7-10-17(21-3)11-18(15)20/h5-11,13,19-20H,4,12H2,1-3H3. The molecule has 1 atom stereocenters. The summed E-state index contributed by atoms with van der Waals surface area (Å²) in [7, 11) is 1.59. The van der Waals surface area contributed by atoms with Gasteiger partial charge in [0.25, 0.3) is 0 Å². The average molecular weight is 285 g/mol. The highest BCUT2D eigenvalue weighted by Gasteiger charge is 2.04. The van der Waals surface area contributed by atoms with Crippen LogP contribution in [0.3, 0.4) is 0 Å². The molecule has 0 aliphatic heterocycles. The summed E-state index contributed by atoms with van der Waals surface area (Å²) >= 11 is 0. The van der Waals surface area contributed by atoms with E-state index in [-0.39, 0.29) is 5.75 Å². The highest BCUT2D eigenvalue weighted by molar-refractivity contribution is 5.47. The molecular formula is C18H23NO2. The fourth-order valence-electron chi connectivity index (χ4n) is 2.18. The number of phenols is 1. The predicted octanol–water partition coefficient (Wildman–Crippen LogP) is 4.53. The van der Waals surface area contributed by atoms with E-state index in [1.165, 1.54) is 5.56 Å². The van der Waals surface area contributed by atoms with Crippen LogP contribution in [-0.4, -0.2) is 12.2 Å². The number of aromatic hydroxyl groups is 1. The van der Waals surface area contributed by atoms with Gasteiger partial charge in [-0.3, -0.25) is 0 Å². The number of rotatable bonds is 6. The number of phenolic OH excluding ortho intramolecular Hbond substituents is 1. The average Bonchev–Trinajstić information content (AvgIpc) is 2.53. The van der Waals surface area contributed by atoms with Gasteiger partial charge >= 0.3 is 0 Å². The Bertz CT molecular complexity index is 578. The van der Waals surface area contributed by atoms with Crippen LogP contribution in [0.4, 0.5) is 5.69 Å². The summed E-state index contributed by atoms with van der Waals surface area (Å²) in [6, 6.07) is 13.8. The molecule has 2 rings (SSSR count). The largest absolute Gasteiger partial charge is 0.507 e. The maximum absolute atomic E-state index is 9.93. The minimum atomic E-state index is 0.248. The molecule has 2 aromatic rings. The van der Waals surface area contributed by atoms with E-state index in [2.05, 4.69) is 43.4 Å². The minimum absolute atomic E-state index is 0.248. The van der Waals surface area contributed by atoms with Gasteiger partial charge in [0, 0.05) is 23.9 Å². The van der Waals surface area contributed by atoms with E-state index in [1.54, 1.807) is 13.2 Å². The normalized spacial score (nSPS) is 12.0. The van der Waals surface area contributed by atoms with Crippen LogP contribution in [0.1, 0.15) is 37.3 Å². The van der Waals surface area contributed by atoms with Gasteiger partial charge in [-0.05, 0) is 42.2 Å². The van der Waals surface area contributed by atoms with Gasteiger partial charge in [0.15, 0.2) is 0 Å². The van der Waals surface area contributed by atoms with Crippen molar-refractivity contribution in [3.63, 3.8) is 0 Å². The van der Waals surface area contributed by atoms with Crippen molar-refractivity contribution >= 4 is 5.69 Å². The first-order valence-electron chi connectivity index (χ1n) is 7.33. The SMILES string of the molecule is CCC(C)c1ccc(NCc2ccc(OC)cc2O)cc1. The van der Waals surface area contributed by atoms with E-state index in [0.717, 1.165) is 17.7 Å². The highest BCUT2D eigenvalue weighted by Crippen LogP contribution is 2.25. The molecule has 0 bridgehead atoms. The van der Waals surface area contributed by atoms with Crippen molar-refractivity contribution in [3.05, 3.63) is 53.6 Å². The van der Waals surface area contributed by atoms with E-state index in [1.807, 2.05) is 12.1 Å². The molecule has 0 saturated heterocycles. The molecule has 0 aliphatic rings. The van der Waals surface area contributed by atoms with E-state index in [0.29, 0.717) is 18.2 Å². The molecule has 1 unspecified atom stereocenters. The third-order valence-electron chi connectivity index (χ3n) is 3.87. The Balaban J connectivity index is 1.99. The summed E-state index contributed by atoms with van der Waals surface area (Å²) in [5.41, 5.74) is 3.26. The number of hydrogen-bond acceptors (Lipinski definition) is 3. The lowest BCUT2D eigenvalue weighted by molar-refractivity contribution is 0.406. The van der Waals surface area contributed by atoms with Crippen LogP contribution in [0, 0.1) is 0 Å². The second kappa shape index (κ2) is 7.02. The van der Waals surface area contributed by atoms with Crippen molar-refractivity contribution in [3.8, 4) is 11.5 Å². The lowest BCUT2D eigenvalue weighted by Crippen LogP contribution is -2.00. The number of ether oxygens (including phenoxy) is 1. The molecule has 3 nitrogen and oxygen atoms in total. The van der Waals surface area contributed by atoms with Crippen LogP contribution in [0.25, 0.3) is 0 Å². The Kier molecular flexibility index (Phi) is 5.09. The molecular weight excluding hydrogens is 262 g/mol. The van der Waals surface area contributed by atoms with Crippen LogP contribution in [0.5, 0.6) is 11.5 Å². The highest BCUT2D eigenvalue weighted by atomic mass is 16.5. The van der Waals surface area contributed by atoms with Gasteiger partial charge in [0.05, 0.1) is 7.11 Å². The van der Waals surface area contributed by atoms with Gasteiger partial charge in [-0.1, -0.05) is 26.0 Å². The van der Waals surface area contributed by atoms with Crippen molar-refractivity contribution < 1.29 is 9.84 Å². The summed E-state index contributed by atoms with van der Waals surface area (Å²) in [6.07, 6.45) is 1.15. The zero-order chi connectivity index (χ0) is 15.2. The summed E-state index contributed by atoms with van der Waals surface area (Å²) in [5, 5.41) is 13.3. The van der Waals surface area contributed by atoms with Crippen molar-refractivity contribution in [1.82, 2.24) is 0 Å². The lowest BCUT2D eigenvalue weighted by atomic mass is 9.98. The number of hydrogen-bond donors (Lipinski definition) is 2. The third-order valence-corrected chi connectivity index (χ3v) is 3.87. The molecule has 21 heavy (non-hydrogen) atoms. The van der Waals surface area contributed by atoms with Gasteiger partial charge in [0.2, 0.25) is 0 Å². The quantitative estimate of drug-likeness (QED) is 0.819. The summed E-state index contributed by atoms with van der Waals surface area (Å²) in [4.78, 5) is 0. The molecule has 2 N–H and O–H groups in total. The van der Waals surface area contributed by atoms with E-state index < -0.39 is 0 Å². The van der Waals surface area contributed by atoms with Crippen LogP contribution in [-0.2, 0) is 6.54 Å². The number of benzene rings is 2. The Morgan fingerprint density at radius 3 is 2.43 bits per heavy atom. The van der Waals surface area contributed by atoms with Gasteiger partial charge < -0.3 is 15.2 Å². The number of nitrogens with one attached hydrogen (secondary N) is 1. The molecule has 0 heterocycles. The summed E-state index contributed by atoms with van der Waals surface area (Å²) in [5.74, 6) is 1.50. The maximum Gasteiger partial charge on any atom is 0.124 e. The van der Waals surface area contributed by atoms with Crippen molar-refractivity contribution in [2.75, 3.05) is 12.4 Å².